The van der Waals surface area contributed by atoms with Crippen LogP contribution in [0.4, 0.5) is 0 Å². The van der Waals surface area contributed by atoms with Crippen LogP contribution in [0, 0.1) is 0 Å². The molecule has 2 aromatic carbocycles. The van der Waals surface area contributed by atoms with E-state index in [9.17, 15) is 9.90 Å². The molecular formula is C18H15NO3. The number of hydrogen-bond donors (Lipinski definition) is 1. The van der Waals surface area contributed by atoms with Crippen molar-refractivity contribution in [1.82, 2.24) is 4.98 Å². The van der Waals surface area contributed by atoms with Crippen LogP contribution < -0.4 is 4.74 Å². The van der Waals surface area contributed by atoms with Gasteiger partial charge in [-0.15, -0.1) is 0 Å². The molecule has 110 valence electrons. The molecule has 0 bridgehead atoms. The highest BCUT2D eigenvalue weighted by Gasteiger charge is 2.09. The summed E-state index contributed by atoms with van der Waals surface area (Å²) in [5.74, 6) is 0.494. The molecule has 22 heavy (non-hydrogen) atoms. The van der Waals surface area contributed by atoms with Crippen LogP contribution in [0.5, 0.6) is 11.5 Å². The first-order valence-corrected chi connectivity index (χ1v) is 7.03. The van der Waals surface area contributed by atoms with Crippen LogP contribution >= 0.6 is 0 Å². The van der Waals surface area contributed by atoms with Crippen molar-refractivity contribution in [2.45, 2.75) is 12.8 Å². The van der Waals surface area contributed by atoms with Gasteiger partial charge in [0, 0.05) is 11.6 Å². The highest BCUT2D eigenvalue weighted by atomic mass is 16.5. The van der Waals surface area contributed by atoms with Crippen molar-refractivity contribution in [3.05, 3.63) is 65.9 Å². The van der Waals surface area contributed by atoms with Gasteiger partial charge < -0.3 is 9.84 Å². The molecule has 1 aromatic heterocycles. The van der Waals surface area contributed by atoms with Gasteiger partial charge in [-0.1, -0.05) is 30.3 Å². The number of phenolic OH excluding ortho intramolecular Hbond substituents is 1. The monoisotopic (exact) mass is 293 g/mol. The number of hydrogen-bond acceptors (Lipinski definition) is 4. The number of benzene rings is 2. The van der Waals surface area contributed by atoms with Gasteiger partial charge in [0.1, 0.15) is 17.0 Å². The lowest BCUT2D eigenvalue weighted by Gasteiger charge is -2.08. The number of aryl methyl sites for hydroxylation is 2. The van der Waals surface area contributed by atoms with Gasteiger partial charge in [-0.25, -0.2) is 0 Å². The van der Waals surface area contributed by atoms with E-state index in [1.54, 1.807) is 12.1 Å². The highest BCUT2D eigenvalue weighted by Crippen LogP contribution is 2.31. The Labute approximate surface area is 128 Å². The molecule has 0 aliphatic heterocycles. The Bertz CT molecular complexity index is 800. The molecule has 0 atom stereocenters. The van der Waals surface area contributed by atoms with Gasteiger partial charge >= 0.3 is 0 Å². The second-order valence-electron chi connectivity index (χ2n) is 5.02. The summed E-state index contributed by atoms with van der Waals surface area (Å²) in [7, 11) is 0. The zero-order valence-corrected chi connectivity index (χ0v) is 11.9. The third-order valence-corrected chi connectivity index (χ3v) is 3.56. The highest BCUT2D eigenvalue weighted by molar-refractivity contribution is 5.90. The molecule has 0 saturated carbocycles. The Morgan fingerprint density at radius 2 is 1.82 bits per heavy atom. The van der Waals surface area contributed by atoms with E-state index in [2.05, 4.69) is 17.1 Å². The first kappa shape index (κ1) is 14.1. The number of fused-ring (bicyclic) bond motifs is 1. The third kappa shape index (κ3) is 2.91. The predicted octanol–water partition coefficient (Wildman–Crippen LogP) is 3.26. The number of nitrogens with zero attached hydrogens (tertiary/aromatic N) is 1. The lowest BCUT2D eigenvalue weighted by atomic mass is 10.0. The molecular weight excluding hydrogens is 278 g/mol. The van der Waals surface area contributed by atoms with Gasteiger partial charge in [0.05, 0.1) is 0 Å². The summed E-state index contributed by atoms with van der Waals surface area (Å²) >= 11 is 0. The van der Waals surface area contributed by atoms with Crippen LogP contribution in [0.1, 0.15) is 11.1 Å². The van der Waals surface area contributed by atoms with Crippen molar-refractivity contribution in [3.63, 3.8) is 0 Å². The molecule has 3 aromatic rings. The summed E-state index contributed by atoms with van der Waals surface area (Å²) in [5.41, 5.74) is 2.64. The van der Waals surface area contributed by atoms with E-state index in [-0.39, 0.29) is 5.75 Å². The summed E-state index contributed by atoms with van der Waals surface area (Å²) in [6, 6.07) is 15.4. The van der Waals surface area contributed by atoms with Crippen molar-refractivity contribution in [2.24, 2.45) is 0 Å². The minimum absolute atomic E-state index is 0.0944. The first-order valence-electron chi connectivity index (χ1n) is 7.03. The number of pyridine rings is 1. The van der Waals surface area contributed by atoms with Crippen molar-refractivity contribution in [2.75, 3.05) is 0 Å². The predicted molar refractivity (Wildman–Crippen MR) is 83.9 cm³/mol. The number of phenols is 1. The zero-order chi connectivity index (χ0) is 15.4. The van der Waals surface area contributed by atoms with E-state index in [4.69, 9.17) is 4.74 Å². The van der Waals surface area contributed by atoms with E-state index >= 15 is 0 Å². The van der Waals surface area contributed by atoms with Crippen molar-refractivity contribution in [3.8, 4) is 11.5 Å². The van der Waals surface area contributed by atoms with Crippen LogP contribution in [-0.4, -0.2) is 16.6 Å². The Morgan fingerprint density at radius 1 is 1.05 bits per heavy atom. The van der Waals surface area contributed by atoms with Gasteiger partial charge in [0.25, 0.3) is 6.47 Å². The SMILES string of the molecule is O=COc1ccnc2c(O)cc(CCc3ccccc3)cc12. The second kappa shape index (κ2) is 6.26. The summed E-state index contributed by atoms with van der Waals surface area (Å²) < 4.78 is 4.96. The Hall–Kier alpha value is -2.88. The van der Waals surface area contributed by atoms with Crippen LogP contribution in [0.25, 0.3) is 10.9 Å². The van der Waals surface area contributed by atoms with Gasteiger partial charge in [-0.2, -0.15) is 0 Å². The van der Waals surface area contributed by atoms with Crippen molar-refractivity contribution >= 4 is 17.4 Å². The average molecular weight is 293 g/mol. The zero-order valence-electron chi connectivity index (χ0n) is 11.9. The Morgan fingerprint density at radius 3 is 2.59 bits per heavy atom. The number of ether oxygens (including phenoxy) is 1. The molecule has 0 fully saturated rings. The summed E-state index contributed by atoms with van der Waals surface area (Å²) in [6.45, 7) is 0.377. The third-order valence-electron chi connectivity index (χ3n) is 3.56. The molecule has 1 heterocycles. The van der Waals surface area contributed by atoms with Gasteiger partial charge in [-0.05, 0) is 42.2 Å². The fourth-order valence-corrected chi connectivity index (χ4v) is 2.50. The maximum absolute atomic E-state index is 10.6. The number of aromatic hydroxyl groups is 1. The number of carbonyl (C=O) groups excluding carboxylic acids is 1. The molecule has 0 spiro atoms. The molecule has 1 N–H and O–H groups in total. The second-order valence-corrected chi connectivity index (χ2v) is 5.02. The number of aromatic nitrogens is 1. The lowest BCUT2D eigenvalue weighted by Crippen LogP contribution is -1.95. The van der Waals surface area contributed by atoms with E-state index < -0.39 is 0 Å². The molecule has 0 saturated heterocycles. The molecule has 0 amide bonds. The minimum atomic E-state index is 0.0944. The fourth-order valence-electron chi connectivity index (χ4n) is 2.50. The quantitative estimate of drug-likeness (QED) is 0.733. The molecule has 3 rings (SSSR count). The van der Waals surface area contributed by atoms with E-state index in [1.165, 1.54) is 11.8 Å². The van der Waals surface area contributed by atoms with E-state index in [0.29, 0.717) is 23.1 Å². The lowest BCUT2D eigenvalue weighted by molar-refractivity contribution is -0.120. The van der Waals surface area contributed by atoms with Crippen LogP contribution in [0.15, 0.2) is 54.7 Å². The van der Waals surface area contributed by atoms with Gasteiger partial charge in [-0.3, -0.25) is 9.78 Å². The van der Waals surface area contributed by atoms with Crippen molar-refractivity contribution < 1.29 is 14.6 Å². The van der Waals surface area contributed by atoms with Gasteiger partial charge in [0.15, 0.2) is 0 Å². The van der Waals surface area contributed by atoms with Crippen LogP contribution in [0.3, 0.4) is 0 Å². The van der Waals surface area contributed by atoms with Crippen LogP contribution in [-0.2, 0) is 17.6 Å². The van der Waals surface area contributed by atoms with E-state index in [1.807, 2.05) is 24.3 Å². The Balaban J connectivity index is 1.93. The minimum Gasteiger partial charge on any atom is -0.506 e. The maximum atomic E-state index is 10.6. The molecule has 0 unspecified atom stereocenters. The number of carbonyl (C=O) groups is 1. The topological polar surface area (TPSA) is 59.4 Å². The molecule has 4 heteroatoms. The summed E-state index contributed by atoms with van der Waals surface area (Å²) in [5, 5.41) is 10.8. The van der Waals surface area contributed by atoms with E-state index in [0.717, 1.165) is 18.4 Å². The summed E-state index contributed by atoms with van der Waals surface area (Å²) in [4.78, 5) is 14.7. The largest absolute Gasteiger partial charge is 0.506 e. The first-order chi connectivity index (χ1) is 10.8. The van der Waals surface area contributed by atoms with Crippen LogP contribution in [0.2, 0.25) is 0 Å². The average Bonchev–Trinajstić information content (AvgIpc) is 2.55. The number of rotatable bonds is 5. The smallest absolute Gasteiger partial charge is 0.298 e. The van der Waals surface area contributed by atoms with Crippen molar-refractivity contribution in [1.29, 1.82) is 0 Å². The molecule has 0 radical (unpaired) electrons. The summed E-state index contributed by atoms with van der Waals surface area (Å²) in [6.07, 6.45) is 3.16. The fraction of sp³-hybridized carbons (Fsp3) is 0.111. The molecule has 0 aliphatic carbocycles. The maximum Gasteiger partial charge on any atom is 0.298 e. The molecule has 4 nitrogen and oxygen atoms in total. The normalized spacial score (nSPS) is 10.5. The standard InChI is InChI=1S/C18H15NO3/c20-12-22-17-8-9-19-18-15(17)10-14(11-16(18)21)7-6-13-4-2-1-3-5-13/h1-5,8-12,21H,6-7H2. The van der Waals surface area contributed by atoms with Gasteiger partial charge in [0.2, 0.25) is 0 Å². The Kier molecular flexibility index (Phi) is 4.01. The molecule has 0 aliphatic rings.